The smallest absolute Gasteiger partial charge is 0.0925 e. The van der Waals surface area contributed by atoms with Crippen molar-refractivity contribution in [3.8, 4) is 0 Å². The maximum atomic E-state index is 4.49. The Bertz CT molecular complexity index is 339. The molecule has 1 aromatic rings. The van der Waals surface area contributed by atoms with E-state index in [1.54, 1.807) is 0 Å². The van der Waals surface area contributed by atoms with E-state index in [1.807, 2.05) is 6.33 Å². The second-order valence-electron chi connectivity index (χ2n) is 5.26. The number of rotatable bonds is 2. The molecule has 88 valence electrons. The quantitative estimate of drug-likeness (QED) is 0.802. The number of aromatic nitrogens is 2. The van der Waals surface area contributed by atoms with Crippen molar-refractivity contribution in [1.29, 1.82) is 0 Å². The van der Waals surface area contributed by atoms with Gasteiger partial charge in [-0.3, -0.25) is 0 Å². The Balaban J connectivity index is 1.67. The molecule has 0 radical (unpaired) electrons. The lowest BCUT2D eigenvalue weighted by Gasteiger charge is -2.29. The van der Waals surface area contributed by atoms with Gasteiger partial charge in [-0.25, -0.2) is 4.98 Å². The minimum atomic E-state index is 0.512. The molecule has 3 nitrogen and oxygen atoms in total. The molecule has 3 heteroatoms. The maximum Gasteiger partial charge on any atom is 0.0925 e. The number of hydrogen-bond donors (Lipinski definition) is 2. The Hall–Kier alpha value is -0.830. The molecule has 1 aliphatic carbocycles. The third-order valence-electron chi connectivity index (χ3n) is 4.14. The SMILES string of the molecule is c1nc2c([nH]1)CCNC2CC1CCCCC1. The largest absolute Gasteiger partial charge is 0.348 e. The summed E-state index contributed by atoms with van der Waals surface area (Å²) in [4.78, 5) is 7.76. The molecule has 0 bridgehead atoms. The van der Waals surface area contributed by atoms with Crippen LogP contribution in [0.1, 0.15) is 56.0 Å². The summed E-state index contributed by atoms with van der Waals surface area (Å²) in [5, 5.41) is 3.63. The Morgan fingerprint density at radius 2 is 2.12 bits per heavy atom. The molecule has 1 atom stereocenters. The Kier molecular flexibility index (Phi) is 2.96. The van der Waals surface area contributed by atoms with Gasteiger partial charge < -0.3 is 10.3 Å². The summed E-state index contributed by atoms with van der Waals surface area (Å²) in [5.41, 5.74) is 2.65. The van der Waals surface area contributed by atoms with E-state index in [0.717, 1.165) is 18.9 Å². The van der Waals surface area contributed by atoms with Crippen LogP contribution in [0.4, 0.5) is 0 Å². The van der Waals surface area contributed by atoms with Crippen LogP contribution in [0.15, 0.2) is 6.33 Å². The van der Waals surface area contributed by atoms with Gasteiger partial charge in [-0.2, -0.15) is 0 Å². The lowest BCUT2D eigenvalue weighted by Crippen LogP contribution is -2.31. The standard InChI is InChI=1S/C13H21N3/c1-2-4-10(5-3-1)8-12-13-11(6-7-14-12)15-9-16-13/h9-10,12,14H,1-8H2,(H,15,16). The van der Waals surface area contributed by atoms with Crippen molar-refractivity contribution in [3.63, 3.8) is 0 Å². The Morgan fingerprint density at radius 1 is 1.25 bits per heavy atom. The predicted octanol–water partition coefficient (Wildman–Crippen LogP) is 2.57. The second-order valence-corrected chi connectivity index (χ2v) is 5.26. The Morgan fingerprint density at radius 3 is 3.00 bits per heavy atom. The average molecular weight is 219 g/mol. The van der Waals surface area contributed by atoms with Crippen LogP contribution in [0.2, 0.25) is 0 Å². The maximum absolute atomic E-state index is 4.49. The van der Waals surface area contributed by atoms with Crippen molar-refractivity contribution in [1.82, 2.24) is 15.3 Å². The van der Waals surface area contributed by atoms with Crippen molar-refractivity contribution in [2.24, 2.45) is 5.92 Å². The highest BCUT2D eigenvalue weighted by atomic mass is 15.0. The van der Waals surface area contributed by atoms with Crippen molar-refractivity contribution < 1.29 is 0 Å². The molecule has 3 rings (SSSR count). The van der Waals surface area contributed by atoms with Crippen LogP contribution in [0.3, 0.4) is 0 Å². The highest BCUT2D eigenvalue weighted by Gasteiger charge is 2.25. The van der Waals surface area contributed by atoms with E-state index in [4.69, 9.17) is 0 Å². The fourth-order valence-electron chi connectivity index (χ4n) is 3.25. The second kappa shape index (κ2) is 4.58. The fourth-order valence-corrected chi connectivity index (χ4v) is 3.25. The van der Waals surface area contributed by atoms with Gasteiger partial charge in [0.25, 0.3) is 0 Å². The minimum absolute atomic E-state index is 0.512. The summed E-state index contributed by atoms with van der Waals surface area (Å²) in [6, 6.07) is 0.512. The monoisotopic (exact) mass is 219 g/mol. The summed E-state index contributed by atoms with van der Waals surface area (Å²) in [7, 11) is 0. The first-order chi connectivity index (χ1) is 7.93. The number of hydrogen-bond acceptors (Lipinski definition) is 2. The third kappa shape index (κ3) is 2.01. The normalized spacial score (nSPS) is 26.6. The van der Waals surface area contributed by atoms with Gasteiger partial charge in [0.15, 0.2) is 0 Å². The van der Waals surface area contributed by atoms with Crippen LogP contribution >= 0.6 is 0 Å². The summed E-state index contributed by atoms with van der Waals surface area (Å²) >= 11 is 0. The van der Waals surface area contributed by atoms with Crippen LogP contribution in [0.25, 0.3) is 0 Å². The molecule has 1 aromatic heterocycles. The van der Waals surface area contributed by atoms with E-state index in [9.17, 15) is 0 Å². The molecule has 0 saturated heterocycles. The van der Waals surface area contributed by atoms with Crippen LogP contribution in [0, 0.1) is 5.92 Å². The first kappa shape index (κ1) is 10.3. The van der Waals surface area contributed by atoms with Crippen LogP contribution in [-0.2, 0) is 6.42 Å². The third-order valence-corrected chi connectivity index (χ3v) is 4.14. The van der Waals surface area contributed by atoms with Crippen molar-refractivity contribution >= 4 is 0 Å². The number of fused-ring (bicyclic) bond motifs is 1. The molecule has 2 N–H and O–H groups in total. The molecule has 16 heavy (non-hydrogen) atoms. The van der Waals surface area contributed by atoms with Crippen molar-refractivity contribution in [2.75, 3.05) is 6.54 Å². The first-order valence-corrected chi connectivity index (χ1v) is 6.69. The zero-order valence-electron chi connectivity index (χ0n) is 9.84. The van der Waals surface area contributed by atoms with Crippen LogP contribution < -0.4 is 5.32 Å². The zero-order chi connectivity index (χ0) is 10.8. The predicted molar refractivity (Wildman–Crippen MR) is 64.2 cm³/mol. The first-order valence-electron chi connectivity index (χ1n) is 6.69. The van der Waals surface area contributed by atoms with Gasteiger partial charge in [0.05, 0.1) is 18.1 Å². The van der Waals surface area contributed by atoms with E-state index in [1.165, 1.54) is 49.9 Å². The average Bonchev–Trinajstić information content (AvgIpc) is 2.80. The Labute approximate surface area is 97.0 Å². The van der Waals surface area contributed by atoms with Crippen molar-refractivity contribution in [2.45, 2.75) is 51.0 Å². The topological polar surface area (TPSA) is 40.7 Å². The van der Waals surface area contributed by atoms with Gasteiger partial charge in [-0.05, 0) is 12.3 Å². The van der Waals surface area contributed by atoms with E-state index in [0.29, 0.717) is 6.04 Å². The highest BCUT2D eigenvalue weighted by molar-refractivity contribution is 5.19. The lowest BCUT2D eigenvalue weighted by atomic mass is 9.83. The van der Waals surface area contributed by atoms with E-state index < -0.39 is 0 Å². The number of nitrogens with zero attached hydrogens (tertiary/aromatic N) is 1. The summed E-state index contributed by atoms with van der Waals surface area (Å²) in [6.45, 7) is 1.10. The van der Waals surface area contributed by atoms with Gasteiger partial charge in [0.2, 0.25) is 0 Å². The summed E-state index contributed by atoms with van der Waals surface area (Å²) in [6.07, 6.45) is 11.4. The minimum Gasteiger partial charge on any atom is -0.348 e. The summed E-state index contributed by atoms with van der Waals surface area (Å²) < 4.78 is 0. The van der Waals surface area contributed by atoms with E-state index >= 15 is 0 Å². The van der Waals surface area contributed by atoms with Gasteiger partial charge in [0.1, 0.15) is 0 Å². The molecular weight excluding hydrogens is 198 g/mol. The molecule has 0 spiro atoms. The molecule has 1 fully saturated rings. The van der Waals surface area contributed by atoms with E-state index in [2.05, 4.69) is 15.3 Å². The molecule has 1 saturated carbocycles. The van der Waals surface area contributed by atoms with Gasteiger partial charge >= 0.3 is 0 Å². The van der Waals surface area contributed by atoms with Gasteiger partial charge in [-0.1, -0.05) is 32.1 Å². The molecule has 0 amide bonds. The fraction of sp³-hybridized carbons (Fsp3) is 0.769. The molecule has 0 aromatic carbocycles. The number of aromatic amines is 1. The van der Waals surface area contributed by atoms with Gasteiger partial charge in [0, 0.05) is 18.7 Å². The lowest BCUT2D eigenvalue weighted by molar-refractivity contribution is 0.293. The molecular formula is C13H21N3. The molecule has 1 aliphatic heterocycles. The van der Waals surface area contributed by atoms with Gasteiger partial charge in [-0.15, -0.1) is 0 Å². The number of imidazole rings is 1. The molecule has 2 aliphatic rings. The van der Waals surface area contributed by atoms with E-state index in [-0.39, 0.29) is 0 Å². The highest BCUT2D eigenvalue weighted by Crippen LogP contribution is 2.33. The molecule has 2 heterocycles. The summed E-state index contributed by atoms with van der Waals surface area (Å²) in [5.74, 6) is 0.925. The number of nitrogens with one attached hydrogen (secondary N) is 2. The van der Waals surface area contributed by atoms with Crippen LogP contribution in [-0.4, -0.2) is 16.5 Å². The number of H-pyrrole nitrogens is 1. The van der Waals surface area contributed by atoms with Crippen molar-refractivity contribution in [3.05, 3.63) is 17.7 Å². The zero-order valence-corrected chi connectivity index (χ0v) is 9.84. The van der Waals surface area contributed by atoms with Crippen LogP contribution in [0.5, 0.6) is 0 Å². The molecule has 1 unspecified atom stereocenters.